The number of aliphatic hydroxyl groups is 1. The highest BCUT2D eigenvalue weighted by atomic mass is 32.2. The minimum atomic E-state index is -3.02. The van der Waals surface area contributed by atoms with Gasteiger partial charge in [0, 0.05) is 35.5 Å². The molecule has 4 aromatic rings. The molecule has 0 aliphatic carbocycles. The molecule has 3 aliphatic rings. The molecular formula is C26H22F2N5O4S+. The zero-order chi connectivity index (χ0) is 26.2. The van der Waals surface area contributed by atoms with Crippen LogP contribution in [0.3, 0.4) is 0 Å². The largest absolute Gasteiger partial charge is 0.434 e. The number of imidazole rings is 1. The number of hydrogen-bond acceptors (Lipinski definition) is 7. The van der Waals surface area contributed by atoms with Crippen molar-refractivity contribution in [3.8, 4) is 16.9 Å². The Morgan fingerprint density at radius 3 is 2.74 bits per heavy atom. The Morgan fingerprint density at radius 1 is 1.18 bits per heavy atom. The second-order valence-electron chi connectivity index (χ2n) is 9.80. The van der Waals surface area contributed by atoms with E-state index in [0.29, 0.717) is 46.9 Å². The van der Waals surface area contributed by atoms with E-state index < -0.39 is 29.4 Å². The van der Waals surface area contributed by atoms with Crippen molar-refractivity contribution in [3.63, 3.8) is 0 Å². The molecule has 2 bridgehead atoms. The number of carbonyl (C=O) groups is 1. The number of halogens is 2. The van der Waals surface area contributed by atoms with Crippen molar-refractivity contribution in [1.82, 2.24) is 24.8 Å². The fourth-order valence-electron chi connectivity index (χ4n) is 5.79. The number of rotatable bonds is 4. The van der Waals surface area contributed by atoms with Gasteiger partial charge in [0.25, 0.3) is 5.91 Å². The molecule has 3 N–H and O–H groups in total. The van der Waals surface area contributed by atoms with Crippen LogP contribution in [0.15, 0.2) is 48.8 Å². The van der Waals surface area contributed by atoms with Crippen LogP contribution in [-0.4, -0.2) is 53.2 Å². The summed E-state index contributed by atoms with van der Waals surface area (Å²) in [6.07, 6.45) is 4.17. The van der Waals surface area contributed by atoms with Crippen LogP contribution in [0.2, 0.25) is 0 Å². The molecule has 9 nitrogen and oxygen atoms in total. The van der Waals surface area contributed by atoms with Gasteiger partial charge in [-0.05, 0) is 36.2 Å². The molecule has 5 heterocycles. The van der Waals surface area contributed by atoms with Gasteiger partial charge in [-0.25, -0.2) is 15.0 Å². The van der Waals surface area contributed by atoms with Crippen molar-refractivity contribution in [2.45, 2.75) is 37.1 Å². The van der Waals surface area contributed by atoms with E-state index in [9.17, 15) is 23.2 Å². The molecule has 1 saturated heterocycles. The lowest BCUT2D eigenvalue weighted by Crippen LogP contribution is -2.29. The SMILES string of the molecule is O=C1NC2CC(c3c(OC(F)F)cccc31)n1c2nc2ccc(-c3cnc(C4(O)CC[S+](O)C4)nc3)cc21. The highest BCUT2D eigenvalue weighted by Gasteiger charge is 2.48. The standard InChI is InChI=1S/C26H21F2N5O4S/c27-25(28)37-20-3-1-2-15-21(20)19-9-17(32-23(15)34)22-31-16-5-4-13(8-18(16)33(19)22)14-10-29-24(30-11-14)26(35)6-7-38(36)12-26/h1-5,8,10-11,17,19,25,35-36H,6-7,9,12H2/p+1. The van der Waals surface area contributed by atoms with Crippen LogP contribution in [0, 0.1) is 0 Å². The number of amides is 1. The topological polar surface area (TPSA) is 122 Å². The van der Waals surface area contributed by atoms with Gasteiger partial charge in [-0.2, -0.15) is 13.3 Å². The predicted molar refractivity (Wildman–Crippen MR) is 135 cm³/mol. The van der Waals surface area contributed by atoms with Crippen LogP contribution < -0.4 is 10.1 Å². The van der Waals surface area contributed by atoms with E-state index in [0.717, 1.165) is 16.6 Å². The fraction of sp³-hybridized carbons (Fsp3) is 0.308. The predicted octanol–water partition coefficient (Wildman–Crippen LogP) is 3.55. The molecule has 0 spiro atoms. The van der Waals surface area contributed by atoms with Crippen LogP contribution in [0.4, 0.5) is 8.78 Å². The summed E-state index contributed by atoms with van der Waals surface area (Å²) in [4.78, 5) is 26.5. The number of nitrogens with one attached hydrogen (secondary N) is 1. The van der Waals surface area contributed by atoms with Crippen molar-refractivity contribution in [3.05, 3.63) is 71.6 Å². The molecule has 4 atom stereocenters. The maximum Gasteiger partial charge on any atom is 0.387 e. The monoisotopic (exact) mass is 538 g/mol. The lowest BCUT2D eigenvalue weighted by molar-refractivity contribution is -0.0507. The number of aromatic nitrogens is 4. The molecule has 38 heavy (non-hydrogen) atoms. The average molecular weight is 539 g/mol. The van der Waals surface area contributed by atoms with Crippen LogP contribution in [-0.2, 0) is 16.8 Å². The summed E-state index contributed by atoms with van der Waals surface area (Å²) in [6, 6.07) is 9.50. The molecule has 0 radical (unpaired) electrons. The second-order valence-corrected chi connectivity index (χ2v) is 11.4. The molecule has 1 fully saturated rings. The first kappa shape index (κ1) is 23.5. The van der Waals surface area contributed by atoms with E-state index in [2.05, 4.69) is 15.3 Å². The Labute approximate surface area is 218 Å². The van der Waals surface area contributed by atoms with E-state index in [1.54, 1.807) is 18.5 Å². The maximum atomic E-state index is 13.2. The third-order valence-corrected chi connectivity index (χ3v) is 9.01. The number of hydrogen-bond donors (Lipinski definition) is 3. The number of benzene rings is 2. The summed E-state index contributed by atoms with van der Waals surface area (Å²) in [5.41, 5.74) is 2.52. The summed E-state index contributed by atoms with van der Waals surface area (Å²) in [6.45, 7) is -3.02. The first-order valence-corrected chi connectivity index (χ1v) is 13.6. The number of alkyl halides is 2. The molecule has 12 heteroatoms. The van der Waals surface area contributed by atoms with Gasteiger partial charge in [0.15, 0.2) is 17.2 Å². The van der Waals surface area contributed by atoms with Gasteiger partial charge >= 0.3 is 6.61 Å². The number of carbonyl (C=O) groups excluding carboxylic acids is 1. The summed E-state index contributed by atoms with van der Waals surface area (Å²) >= 11 is -0.839. The molecule has 4 unspecified atom stereocenters. The molecule has 7 rings (SSSR count). The second kappa shape index (κ2) is 8.45. The van der Waals surface area contributed by atoms with Gasteiger partial charge in [0.1, 0.15) is 28.5 Å². The first-order valence-electron chi connectivity index (χ1n) is 12.1. The Morgan fingerprint density at radius 2 is 2.00 bits per heavy atom. The highest BCUT2D eigenvalue weighted by molar-refractivity contribution is 7.91. The summed E-state index contributed by atoms with van der Waals surface area (Å²) in [7, 11) is 0. The number of fused-ring (bicyclic) bond motifs is 9. The van der Waals surface area contributed by atoms with Crippen molar-refractivity contribution in [1.29, 1.82) is 0 Å². The Hall–Kier alpha value is -3.61. The van der Waals surface area contributed by atoms with E-state index >= 15 is 0 Å². The van der Waals surface area contributed by atoms with Crippen molar-refractivity contribution >= 4 is 28.1 Å². The van der Waals surface area contributed by atoms with Crippen LogP contribution >= 0.6 is 0 Å². The van der Waals surface area contributed by atoms with Gasteiger partial charge < -0.3 is 19.7 Å². The van der Waals surface area contributed by atoms with E-state index in [4.69, 9.17) is 9.72 Å². The maximum absolute atomic E-state index is 13.2. The van der Waals surface area contributed by atoms with Gasteiger partial charge in [-0.1, -0.05) is 12.1 Å². The molecule has 2 aromatic heterocycles. The normalized spacial score (nSPS) is 25.8. The zero-order valence-electron chi connectivity index (χ0n) is 19.8. The van der Waals surface area contributed by atoms with Gasteiger partial charge in [-0.3, -0.25) is 4.79 Å². The smallest absolute Gasteiger partial charge is 0.387 e. The Balaban J connectivity index is 1.31. The molecule has 3 aliphatic heterocycles. The van der Waals surface area contributed by atoms with E-state index in [1.165, 1.54) is 12.1 Å². The summed E-state index contributed by atoms with van der Waals surface area (Å²) in [5.74, 6) is 1.34. The van der Waals surface area contributed by atoms with Crippen molar-refractivity contribution in [2.75, 3.05) is 11.5 Å². The number of nitrogens with zero attached hydrogens (tertiary/aromatic N) is 4. The fourth-order valence-corrected chi connectivity index (χ4v) is 7.33. The lowest BCUT2D eigenvalue weighted by Gasteiger charge is -2.21. The summed E-state index contributed by atoms with van der Waals surface area (Å²) < 4.78 is 43.2. The average Bonchev–Trinajstić information content (AvgIpc) is 3.52. The molecule has 1 amide bonds. The molecular weight excluding hydrogens is 516 g/mol. The Bertz CT molecular complexity index is 1600. The van der Waals surface area contributed by atoms with Gasteiger partial charge in [0.05, 0.1) is 23.1 Å². The quantitative estimate of drug-likeness (QED) is 0.340. The van der Waals surface area contributed by atoms with Crippen LogP contribution in [0.1, 0.15) is 52.5 Å². The summed E-state index contributed by atoms with van der Waals surface area (Å²) in [5, 5.41) is 13.8. The minimum absolute atomic E-state index is 0.0243. The Kier molecular flexibility index (Phi) is 5.23. The van der Waals surface area contributed by atoms with Crippen molar-refractivity contribution < 1.29 is 28.0 Å². The zero-order valence-corrected chi connectivity index (χ0v) is 20.7. The van der Waals surface area contributed by atoms with Crippen LogP contribution in [0.25, 0.3) is 22.2 Å². The van der Waals surface area contributed by atoms with Crippen molar-refractivity contribution in [2.24, 2.45) is 0 Å². The molecule has 0 saturated carbocycles. The molecule has 2 aromatic carbocycles. The highest BCUT2D eigenvalue weighted by Crippen LogP contribution is 2.47. The van der Waals surface area contributed by atoms with Crippen LogP contribution in [0.5, 0.6) is 5.75 Å². The van der Waals surface area contributed by atoms with Gasteiger partial charge in [-0.15, -0.1) is 0 Å². The lowest BCUT2D eigenvalue weighted by atomic mass is 9.97. The van der Waals surface area contributed by atoms with E-state index in [1.807, 2.05) is 22.8 Å². The number of ether oxygens (including phenoxy) is 1. The third kappa shape index (κ3) is 3.58. The first-order chi connectivity index (χ1) is 18.3. The van der Waals surface area contributed by atoms with Gasteiger partial charge in [0.2, 0.25) is 0 Å². The van der Waals surface area contributed by atoms with E-state index in [-0.39, 0.29) is 23.5 Å². The molecule has 194 valence electrons. The minimum Gasteiger partial charge on any atom is -0.434 e. The third-order valence-electron chi connectivity index (χ3n) is 7.52.